The molecule has 72 valence electrons. The van der Waals surface area contributed by atoms with Gasteiger partial charge in [0.1, 0.15) is 5.92 Å². The topological polar surface area (TPSA) is 55.1 Å². The molecule has 0 aromatic heterocycles. The standard InChI is InChI=1S/C7H7F3N2O/c8-7(9,10)5-1-2-12-3-4(5)6(11)13/h1-3,5,12H,(H2,11,13). The number of hydrogen-bond acceptors (Lipinski definition) is 2. The number of nitrogens with two attached hydrogens (primary N) is 1. The normalized spacial score (nSPS) is 22.1. The van der Waals surface area contributed by atoms with Crippen molar-refractivity contribution in [3.05, 3.63) is 24.0 Å². The second-order valence-corrected chi connectivity index (χ2v) is 2.51. The molecule has 1 unspecified atom stereocenters. The summed E-state index contributed by atoms with van der Waals surface area (Å²) in [4.78, 5) is 10.6. The average Bonchev–Trinajstić information content (AvgIpc) is 2.03. The summed E-state index contributed by atoms with van der Waals surface area (Å²) in [5.41, 5.74) is 4.30. The van der Waals surface area contributed by atoms with Crippen LogP contribution in [0, 0.1) is 5.92 Å². The van der Waals surface area contributed by atoms with Crippen LogP contribution in [0.25, 0.3) is 0 Å². The lowest BCUT2D eigenvalue weighted by molar-refractivity contribution is -0.155. The van der Waals surface area contributed by atoms with Gasteiger partial charge in [-0.2, -0.15) is 13.2 Å². The van der Waals surface area contributed by atoms with E-state index in [1.165, 1.54) is 0 Å². The van der Waals surface area contributed by atoms with Gasteiger partial charge in [-0.25, -0.2) is 0 Å². The van der Waals surface area contributed by atoms with Crippen LogP contribution in [0.4, 0.5) is 13.2 Å². The molecular formula is C7H7F3N2O. The molecule has 1 aliphatic rings. The van der Waals surface area contributed by atoms with Gasteiger partial charge >= 0.3 is 6.18 Å². The highest BCUT2D eigenvalue weighted by Crippen LogP contribution is 2.33. The van der Waals surface area contributed by atoms with Gasteiger partial charge in [0.2, 0.25) is 5.91 Å². The van der Waals surface area contributed by atoms with E-state index in [1.807, 2.05) is 0 Å². The van der Waals surface area contributed by atoms with E-state index in [1.54, 1.807) is 0 Å². The Labute approximate surface area is 72.1 Å². The molecule has 0 saturated heterocycles. The Morgan fingerprint density at radius 2 is 2.15 bits per heavy atom. The summed E-state index contributed by atoms with van der Waals surface area (Å²) in [5.74, 6) is -2.97. The van der Waals surface area contributed by atoms with Gasteiger partial charge in [0.05, 0.1) is 0 Å². The summed E-state index contributed by atoms with van der Waals surface area (Å²) in [5, 5.41) is 2.37. The number of dihydropyridines is 1. The van der Waals surface area contributed by atoms with E-state index < -0.39 is 23.6 Å². The molecule has 0 aromatic carbocycles. The van der Waals surface area contributed by atoms with Crippen molar-refractivity contribution in [1.29, 1.82) is 0 Å². The Hall–Kier alpha value is -1.46. The van der Waals surface area contributed by atoms with Gasteiger partial charge in [0.25, 0.3) is 0 Å². The van der Waals surface area contributed by atoms with Gasteiger partial charge in [-0.15, -0.1) is 0 Å². The molecular weight excluding hydrogens is 185 g/mol. The maximum absolute atomic E-state index is 12.2. The summed E-state index contributed by atoms with van der Waals surface area (Å²) in [6, 6.07) is 0. The fraction of sp³-hybridized carbons (Fsp3) is 0.286. The molecule has 0 saturated carbocycles. The van der Waals surface area contributed by atoms with Crippen LogP contribution in [0.5, 0.6) is 0 Å². The Kier molecular flexibility index (Phi) is 2.31. The highest BCUT2D eigenvalue weighted by Gasteiger charge is 2.42. The summed E-state index contributed by atoms with van der Waals surface area (Å²) in [6.45, 7) is 0. The minimum atomic E-state index is -4.47. The molecule has 0 fully saturated rings. The maximum Gasteiger partial charge on any atom is 0.399 e. The SMILES string of the molecule is NC(=O)C1=CNC=CC1C(F)(F)F. The van der Waals surface area contributed by atoms with E-state index >= 15 is 0 Å². The number of nitrogens with one attached hydrogen (secondary N) is 1. The van der Waals surface area contributed by atoms with E-state index in [4.69, 9.17) is 5.73 Å². The van der Waals surface area contributed by atoms with Crippen LogP contribution >= 0.6 is 0 Å². The third kappa shape index (κ3) is 2.01. The van der Waals surface area contributed by atoms with E-state index in [9.17, 15) is 18.0 Å². The Balaban J connectivity index is 2.94. The molecule has 0 aliphatic carbocycles. The molecule has 6 heteroatoms. The lowest BCUT2D eigenvalue weighted by Crippen LogP contribution is -2.32. The van der Waals surface area contributed by atoms with Gasteiger partial charge in [-0.05, 0) is 6.20 Å². The van der Waals surface area contributed by atoms with Crippen LogP contribution in [0.2, 0.25) is 0 Å². The van der Waals surface area contributed by atoms with Crippen molar-refractivity contribution in [3.63, 3.8) is 0 Å². The second kappa shape index (κ2) is 3.12. The molecule has 0 radical (unpaired) electrons. The van der Waals surface area contributed by atoms with Gasteiger partial charge in [0.15, 0.2) is 0 Å². The smallest absolute Gasteiger partial charge is 0.367 e. The fourth-order valence-electron chi connectivity index (χ4n) is 0.993. The van der Waals surface area contributed by atoms with Crippen LogP contribution in [0.3, 0.4) is 0 Å². The van der Waals surface area contributed by atoms with Crippen molar-refractivity contribution < 1.29 is 18.0 Å². The van der Waals surface area contributed by atoms with Crippen molar-refractivity contribution >= 4 is 5.91 Å². The van der Waals surface area contributed by atoms with Gasteiger partial charge in [0, 0.05) is 11.8 Å². The first-order valence-electron chi connectivity index (χ1n) is 3.42. The number of allylic oxidation sites excluding steroid dienone is 1. The maximum atomic E-state index is 12.2. The summed E-state index contributed by atoms with van der Waals surface area (Å²) >= 11 is 0. The molecule has 1 atom stereocenters. The zero-order chi connectivity index (χ0) is 10.1. The molecule has 1 rings (SSSR count). The Morgan fingerprint density at radius 3 is 2.54 bits per heavy atom. The fourth-order valence-corrected chi connectivity index (χ4v) is 0.993. The Morgan fingerprint density at radius 1 is 1.54 bits per heavy atom. The summed E-state index contributed by atoms with van der Waals surface area (Å²) in [7, 11) is 0. The van der Waals surface area contributed by atoms with Gasteiger partial charge in [-0.1, -0.05) is 6.08 Å². The number of primary amides is 1. The molecule has 1 amide bonds. The summed E-state index contributed by atoms with van der Waals surface area (Å²) < 4.78 is 36.7. The monoisotopic (exact) mass is 192 g/mol. The highest BCUT2D eigenvalue weighted by molar-refractivity contribution is 5.93. The van der Waals surface area contributed by atoms with Crippen LogP contribution in [0.15, 0.2) is 24.0 Å². The first-order valence-corrected chi connectivity index (χ1v) is 3.42. The van der Waals surface area contributed by atoms with E-state index in [2.05, 4.69) is 5.32 Å². The predicted molar refractivity (Wildman–Crippen MR) is 39.1 cm³/mol. The number of hydrogen-bond donors (Lipinski definition) is 2. The minimum Gasteiger partial charge on any atom is -0.367 e. The van der Waals surface area contributed by atoms with Crippen molar-refractivity contribution in [2.45, 2.75) is 6.18 Å². The average molecular weight is 192 g/mol. The lowest BCUT2D eigenvalue weighted by Gasteiger charge is -2.20. The molecule has 1 heterocycles. The van der Waals surface area contributed by atoms with Gasteiger partial charge < -0.3 is 11.1 Å². The second-order valence-electron chi connectivity index (χ2n) is 2.51. The largest absolute Gasteiger partial charge is 0.399 e. The van der Waals surface area contributed by atoms with Crippen LogP contribution in [-0.2, 0) is 4.79 Å². The first-order chi connectivity index (χ1) is 5.93. The number of carbonyl (C=O) groups excluding carboxylic acids is 1. The third-order valence-corrected chi connectivity index (χ3v) is 1.60. The highest BCUT2D eigenvalue weighted by atomic mass is 19.4. The van der Waals surface area contributed by atoms with Crippen molar-refractivity contribution in [1.82, 2.24) is 5.32 Å². The van der Waals surface area contributed by atoms with E-state index in [0.717, 1.165) is 18.5 Å². The van der Waals surface area contributed by atoms with E-state index in [0.29, 0.717) is 0 Å². The van der Waals surface area contributed by atoms with Crippen molar-refractivity contribution in [2.24, 2.45) is 11.7 Å². The van der Waals surface area contributed by atoms with Crippen LogP contribution in [-0.4, -0.2) is 12.1 Å². The number of carbonyl (C=O) groups is 1. The molecule has 1 aliphatic heterocycles. The lowest BCUT2D eigenvalue weighted by atomic mass is 9.97. The predicted octanol–water partition coefficient (Wildman–Crippen LogP) is 0.651. The van der Waals surface area contributed by atoms with Crippen LogP contribution in [0.1, 0.15) is 0 Å². The van der Waals surface area contributed by atoms with Crippen LogP contribution < -0.4 is 11.1 Å². The number of amides is 1. The molecule has 0 aromatic rings. The zero-order valence-corrected chi connectivity index (χ0v) is 6.43. The molecule has 3 nitrogen and oxygen atoms in total. The molecule has 13 heavy (non-hydrogen) atoms. The molecule has 0 spiro atoms. The molecule has 0 bridgehead atoms. The number of alkyl halides is 3. The van der Waals surface area contributed by atoms with Crippen molar-refractivity contribution in [3.8, 4) is 0 Å². The van der Waals surface area contributed by atoms with Crippen molar-refractivity contribution in [2.75, 3.05) is 0 Å². The zero-order valence-electron chi connectivity index (χ0n) is 6.43. The Bertz CT molecular complexity index is 280. The minimum absolute atomic E-state index is 0.477. The third-order valence-electron chi connectivity index (χ3n) is 1.60. The molecule has 3 N–H and O–H groups in total. The number of halogens is 3. The van der Waals surface area contributed by atoms with E-state index in [-0.39, 0.29) is 0 Å². The number of rotatable bonds is 1. The first kappa shape index (κ1) is 9.63. The quantitative estimate of drug-likeness (QED) is 0.640. The van der Waals surface area contributed by atoms with Gasteiger partial charge in [-0.3, -0.25) is 4.79 Å². The summed E-state index contributed by atoms with van der Waals surface area (Å²) in [6.07, 6.45) is -1.55.